The molecule has 2 aromatic rings. The number of hydrogen-bond acceptors (Lipinski definition) is 6. The number of nitrogens with zero attached hydrogens (tertiary/aromatic N) is 2. The molecule has 1 aromatic carbocycles. The van der Waals surface area contributed by atoms with E-state index in [4.69, 9.17) is 0 Å². The van der Waals surface area contributed by atoms with Crippen molar-refractivity contribution in [3.8, 4) is 0 Å². The number of carbonyl (C=O) groups excluding carboxylic acids is 2. The number of carbonyl (C=O) groups is 2. The Labute approximate surface area is 183 Å². The SMILES string of the molecule is CCc1ccc(C(N=O)C(NC(=O)CCCCCCC(=O)OC)c2ccncc2)cc1. The number of unbranched alkanes of at least 4 members (excludes halogenated alkanes) is 3. The van der Waals surface area contributed by atoms with Gasteiger partial charge in [-0.2, -0.15) is 4.91 Å². The minimum Gasteiger partial charge on any atom is -0.469 e. The number of aromatic nitrogens is 1. The Balaban J connectivity index is 2.00. The van der Waals surface area contributed by atoms with Gasteiger partial charge in [0.25, 0.3) is 0 Å². The summed E-state index contributed by atoms with van der Waals surface area (Å²) in [5.74, 6) is -0.342. The van der Waals surface area contributed by atoms with Crippen molar-refractivity contribution in [3.05, 3.63) is 70.4 Å². The molecule has 0 saturated heterocycles. The zero-order valence-corrected chi connectivity index (χ0v) is 18.3. The van der Waals surface area contributed by atoms with Crippen LogP contribution in [0.1, 0.15) is 74.2 Å². The van der Waals surface area contributed by atoms with Crippen LogP contribution in [0.2, 0.25) is 0 Å². The molecule has 1 N–H and O–H groups in total. The van der Waals surface area contributed by atoms with Crippen molar-refractivity contribution < 1.29 is 14.3 Å². The average Bonchev–Trinajstić information content (AvgIpc) is 2.81. The summed E-state index contributed by atoms with van der Waals surface area (Å²) in [4.78, 5) is 39.6. The molecule has 0 spiro atoms. The Bertz CT molecular complexity index is 824. The molecular formula is C24H31N3O4. The van der Waals surface area contributed by atoms with Crippen molar-refractivity contribution in [2.45, 2.75) is 64.0 Å². The zero-order chi connectivity index (χ0) is 22.5. The Morgan fingerprint density at radius 3 is 2.19 bits per heavy atom. The van der Waals surface area contributed by atoms with Crippen LogP contribution in [-0.2, 0) is 20.7 Å². The van der Waals surface area contributed by atoms with E-state index in [1.54, 1.807) is 24.5 Å². The number of hydrogen-bond donors (Lipinski definition) is 1. The Morgan fingerprint density at radius 2 is 1.61 bits per heavy atom. The summed E-state index contributed by atoms with van der Waals surface area (Å²) in [6, 6.07) is 10.0. The minimum absolute atomic E-state index is 0.131. The van der Waals surface area contributed by atoms with Gasteiger partial charge in [-0.15, -0.1) is 0 Å². The van der Waals surface area contributed by atoms with Crippen LogP contribution < -0.4 is 5.32 Å². The Morgan fingerprint density at radius 1 is 0.968 bits per heavy atom. The fourth-order valence-corrected chi connectivity index (χ4v) is 3.44. The topological polar surface area (TPSA) is 97.7 Å². The molecule has 0 fully saturated rings. The second-order valence-electron chi connectivity index (χ2n) is 7.46. The van der Waals surface area contributed by atoms with E-state index in [0.717, 1.165) is 36.8 Å². The van der Waals surface area contributed by atoms with Gasteiger partial charge in [0, 0.05) is 25.2 Å². The summed E-state index contributed by atoms with van der Waals surface area (Å²) in [5.41, 5.74) is 2.72. The van der Waals surface area contributed by atoms with Crippen molar-refractivity contribution in [1.82, 2.24) is 10.3 Å². The normalized spacial score (nSPS) is 12.6. The minimum atomic E-state index is -0.739. The molecule has 2 unspecified atom stereocenters. The molecular weight excluding hydrogens is 394 g/mol. The van der Waals surface area contributed by atoms with Crippen molar-refractivity contribution in [2.75, 3.05) is 7.11 Å². The van der Waals surface area contributed by atoms with Gasteiger partial charge in [-0.25, -0.2) is 0 Å². The number of nitrogens with one attached hydrogen (secondary N) is 1. The van der Waals surface area contributed by atoms with Gasteiger partial charge < -0.3 is 10.1 Å². The highest BCUT2D eigenvalue weighted by Crippen LogP contribution is 2.32. The van der Waals surface area contributed by atoms with Crippen LogP contribution in [0.3, 0.4) is 0 Å². The molecule has 2 rings (SSSR count). The van der Waals surface area contributed by atoms with E-state index in [9.17, 15) is 14.5 Å². The summed E-state index contributed by atoms with van der Waals surface area (Å²) in [6.07, 6.45) is 8.09. The first kappa shape index (κ1) is 24.2. The summed E-state index contributed by atoms with van der Waals surface area (Å²) < 4.78 is 4.62. The zero-order valence-electron chi connectivity index (χ0n) is 18.3. The molecule has 166 valence electrons. The maximum absolute atomic E-state index is 12.6. The lowest BCUT2D eigenvalue weighted by Gasteiger charge is -2.24. The monoisotopic (exact) mass is 425 g/mol. The molecule has 0 bridgehead atoms. The lowest BCUT2D eigenvalue weighted by Crippen LogP contribution is -2.32. The smallest absolute Gasteiger partial charge is 0.305 e. The highest BCUT2D eigenvalue weighted by molar-refractivity contribution is 5.76. The predicted molar refractivity (Wildman–Crippen MR) is 119 cm³/mol. The lowest BCUT2D eigenvalue weighted by atomic mass is 9.93. The van der Waals surface area contributed by atoms with Crippen LogP contribution in [0.25, 0.3) is 0 Å². The Kier molecular flexibility index (Phi) is 10.3. The van der Waals surface area contributed by atoms with Crippen LogP contribution in [0, 0.1) is 4.91 Å². The van der Waals surface area contributed by atoms with Crippen molar-refractivity contribution in [1.29, 1.82) is 0 Å². The van der Waals surface area contributed by atoms with Gasteiger partial charge in [-0.3, -0.25) is 14.6 Å². The van der Waals surface area contributed by atoms with Gasteiger partial charge in [0.15, 0.2) is 0 Å². The van der Waals surface area contributed by atoms with E-state index in [1.807, 2.05) is 24.3 Å². The van der Waals surface area contributed by atoms with E-state index in [-0.39, 0.29) is 11.9 Å². The van der Waals surface area contributed by atoms with Crippen molar-refractivity contribution in [2.24, 2.45) is 5.18 Å². The summed E-state index contributed by atoms with van der Waals surface area (Å²) >= 11 is 0. The van der Waals surface area contributed by atoms with Gasteiger partial charge >= 0.3 is 5.97 Å². The average molecular weight is 426 g/mol. The maximum atomic E-state index is 12.6. The van der Waals surface area contributed by atoms with E-state index in [0.29, 0.717) is 19.3 Å². The highest BCUT2D eigenvalue weighted by Gasteiger charge is 2.27. The molecule has 0 saturated carbocycles. The third-order valence-electron chi connectivity index (χ3n) is 5.30. The molecule has 7 heteroatoms. The molecule has 0 aliphatic carbocycles. The quantitative estimate of drug-likeness (QED) is 0.282. The van der Waals surface area contributed by atoms with E-state index >= 15 is 0 Å². The van der Waals surface area contributed by atoms with Crippen LogP contribution >= 0.6 is 0 Å². The second-order valence-corrected chi connectivity index (χ2v) is 7.46. The summed E-state index contributed by atoms with van der Waals surface area (Å²) in [5, 5.41) is 6.36. The molecule has 7 nitrogen and oxygen atoms in total. The number of rotatable bonds is 13. The van der Waals surface area contributed by atoms with Gasteiger partial charge in [0.05, 0.1) is 13.2 Å². The standard InChI is InChI=1S/C24H31N3O4/c1-3-18-10-12-19(13-11-18)24(27-30)23(20-14-16-25-17-15-20)26-21(28)8-6-4-5-7-9-22(29)31-2/h10-17,23-24H,3-9H2,1-2H3,(H,26,28). The van der Waals surface area contributed by atoms with Gasteiger partial charge in [-0.1, -0.05) is 49.2 Å². The number of benzene rings is 1. The number of esters is 1. The van der Waals surface area contributed by atoms with Gasteiger partial charge in [0.1, 0.15) is 6.04 Å². The first-order valence-electron chi connectivity index (χ1n) is 10.8. The van der Waals surface area contributed by atoms with Crippen LogP contribution in [0.4, 0.5) is 0 Å². The van der Waals surface area contributed by atoms with E-state index in [2.05, 4.69) is 27.1 Å². The highest BCUT2D eigenvalue weighted by atomic mass is 16.5. The number of methoxy groups -OCH3 is 1. The number of ether oxygens (including phenoxy) is 1. The fourth-order valence-electron chi connectivity index (χ4n) is 3.44. The van der Waals surface area contributed by atoms with Crippen molar-refractivity contribution in [3.63, 3.8) is 0 Å². The number of amides is 1. The predicted octanol–water partition coefficient (Wildman–Crippen LogP) is 4.82. The second kappa shape index (κ2) is 13.3. The number of pyridine rings is 1. The van der Waals surface area contributed by atoms with E-state index in [1.165, 1.54) is 12.7 Å². The van der Waals surface area contributed by atoms with Crippen LogP contribution in [-0.4, -0.2) is 24.0 Å². The molecule has 1 amide bonds. The molecule has 2 atom stereocenters. The number of nitroso groups, excluding NO2 is 1. The molecule has 1 heterocycles. The van der Waals surface area contributed by atoms with Gasteiger partial charge in [0.2, 0.25) is 5.91 Å². The summed E-state index contributed by atoms with van der Waals surface area (Å²) in [7, 11) is 1.38. The first-order valence-corrected chi connectivity index (χ1v) is 10.8. The van der Waals surface area contributed by atoms with Crippen LogP contribution in [0.5, 0.6) is 0 Å². The molecule has 1 aromatic heterocycles. The van der Waals surface area contributed by atoms with E-state index < -0.39 is 12.1 Å². The molecule has 31 heavy (non-hydrogen) atoms. The lowest BCUT2D eigenvalue weighted by molar-refractivity contribution is -0.140. The summed E-state index contributed by atoms with van der Waals surface area (Å²) in [6.45, 7) is 2.07. The molecule has 0 aliphatic heterocycles. The van der Waals surface area contributed by atoms with Crippen LogP contribution in [0.15, 0.2) is 54.0 Å². The first-order chi connectivity index (χ1) is 15.1. The largest absolute Gasteiger partial charge is 0.469 e. The fraction of sp³-hybridized carbons (Fsp3) is 0.458. The third-order valence-corrected chi connectivity index (χ3v) is 5.30. The molecule has 0 aliphatic rings. The van der Waals surface area contributed by atoms with Crippen molar-refractivity contribution >= 4 is 11.9 Å². The Hall–Kier alpha value is -3.09. The molecule has 0 radical (unpaired) electrons. The third kappa shape index (κ3) is 7.92. The maximum Gasteiger partial charge on any atom is 0.305 e. The number of aryl methyl sites for hydroxylation is 1. The van der Waals surface area contributed by atoms with Gasteiger partial charge in [-0.05, 0) is 48.1 Å².